The molecule has 146 valence electrons. The lowest BCUT2D eigenvalue weighted by molar-refractivity contribution is 0.0953. The van der Waals surface area contributed by atoms with Gasteiger partial charge in [0.1, 0.15) is 0 Å². The smallest absolute Gasteiger partial charge is 0.251 e. The minimum atomic E-state index is -3.57. The Kier molecular flexibility index (Phi) is 8.34. The van der Waals surface area contributed by atoms with Crippen molar-refractivity contribution < 1.29 is 13.2 Å². The summed E-state index contributed by atoms with van der Waals surface area (Å²) in [5.74, 6) is 0.650. The Bertz CT molecular complexity index is 835. The molecule has 2 rings (SSSR count). The van der Waals surface area contributed by atoms with Gasteiger partial charge in [0.25, 0.3) is 5.91 Å². The van der Waals surface area contributed by atoms with Crippen molar-refractivity contribution in [1.29, 1.82) is 0 Å². The van der Waals surface area contributed by atoms with Crippen molar-refractivity contribution in [2.75, 3.05) is 25.4 Å². The molecule has 0 aliphatic rings. The maximum Gasteiger partial charge on any atom is 0.251 e. The van der Waals surface area contributed by atoms with Crippen LogP contribution >= 0.6 is 11.8 Å². The molecule has 2 aromatic carbocycles. The van der Waals surface area contributed by atoms with E-state index >= 15 is 0 Å². The van der Waals surface area contributed by atoms with Gasteiger partial charge in [-0.25, -0.2) is 8.42 Å². The van der Waals surface area contributed by atoms with E-state index < -0.39 is 10.0 Å². The molecule has 5 nitrogen and oxygen atoms in total. The van der Waals surface area contributed by atoms with E-state index in [1.807, 2.05) is 18.2 Å². The number of hydrogen-bond donors (Lipinski definition) is 1. The molecule has 0 aliphatic heterocycles. The summed E-state index contributed by atoms with van der Waals surface area (Å²) in [6.45, 7) is 4.94. The highest BCUT2D eigenvalue weighted by atomic mass is 32.2. The van der Waals surface area contributed by atoms with Crippen molar-refractivity contribution in [3.8, 4) is 0 Å². The molecule has 0 unspecified atom stereocenters. The lowest BCUT2D eigenvalue weighted by atomic mass is 10.2. The third kappa shape index (κ3) is 6.09. The van der Waals surface area contributed by atoms with Crippen molar-refractivity contribution in [2.45, 2.75) is 30.1 Å². The van der Waals surface area contributed by atoms with Gasteiger partial charge >= 0.3 is 0 Å². The SMILES string of the molecule is CCN(CC)S(=O)(=O)c1cccc(C(=O)NCCCSc2ccccc2)c1. The van der Waals surface area contributed by atoms with Crippen molar-refractivity contribution in [1.82, 2.24) is 9.62 Å². The molecule has 0 bridgehead atoms. The van der Waals surface area contributed by atoms with Gasteiger partial charge < -0.3 is 5.32 Å². The quantitative estimate of drug-likeness (QED) is 0.483. The van der Waals surface area contributed by atoms with Crippen molar-refractivity contribution in [3.63, 3.8) is 0 Å². The van der Waals surface area contributed by atoms with Gasteiger partial charge in [-0.15, -0.1) is 11.8 Å². The van der Waals surface area contributed by atoms with Crippen LogP contribution in [-0.4, -0.2) is 44.0 Å². The topological polar surface area (TPSA) is 66.5 Å². The second-order valence-electron chi connectivity index (χ2n) is 5.89. The van der Waals surface area contributed by atoms with Crippen LogP contribution in [0.3, 0.4) is 0 Å². The van der Waals surface area contributed by atoms with Crippen molar-refractivity contribution in [3.05, 3.63) is 60.2 Å². The van der Waals surface area contributed by atoms with E-state index in [2.05, 4.69) is 17.4 Å². The molecule has 0 fully saturated rings. The first-order valence-electron chi connectivity index (χ1n) is 9.05. The van der Waals surface area contributed by atoms with E-state index in [1.54, 1.807) is 37.7 Å². The average Bonchev–Trinajstić information content (AvgIpc) is 2.69. The predicted octanol–water partition coefficient (Wildman–Crippen LogP) is 3.63. The zero-order valence-electron chi connectivity index (χ0n) is 15.7. The maximum atomic E-state index is 12.6. The monoisotopic (exact) mass is 406 g/mol. The lowest BCUT2D eigenvalue weighted by Crippen LogP contribution is -2.31. The number of nitrogens with zero attached hydrogens (tertiary/aromatic N) is 1. The molecule has 0 aromatic heterocycles. The molecular weight excluding hydrogens is 380 g/mol. The normalized spacial score (nSPS) is 11.5. The number of sulfonamides is 1. The summed E-state index contributed by atoms with van der Waals surface area (Å²) in [4.78, 5) is 13.7. The first-order chi connectivity index (χ1) is 13.0. The Balaban J connectivity index is 1.89. The molecule has 0 radical (unpaired) electrons. The van der Waals surface area contributed by atoms with Gasteiger partial charge in [0.15, 0.2) is 0 Å². The molecule has 1 amide bonds. The van der Waals surface area contributed by atoms with Gasteiger partial charge in [0, 0.05) is 30.1 Å². The average molecular weight is 407 g/mol. The van der Waals surface area contributed by atoms with Gasteiger partial charge in [-0.1, -0.05) is 38.1 Å². The van der Waals surface area contributed by atoms with Crippen LogP contribution in [0.1, 0.15) is 30.6 Å². The number of amides is 1. The molecule has 0 saturated heterocycles. The zero-order valence-corrected chi connectivity index (χ0v) is 17.4. The van der Waals surface area contributed by atoms with Crippen LogP contribution in [0, 0.1) is 0 Å². The lowest BCUT2D eigenvalue weighted by Gasteiger charge is -2.18. The Morgan fingerprint density at radius 3 is 2.41 bits per heavy atom. The van der Waals surface area contributed by atoms with Crippen LogP contribution in [0.5, 0.6) is 0 Å². The summed E-state index contributed by atoms with van der Waals surface area (Å²) in [7, 11) is -3.57. The summed E-state index contributed by atoms with van der Waals surface area (Å²) in [5.41, 5.74) is 0.360. The van der Waals surface area contributed by atoms with Crippen LogP contribution < -0.4 is 5.32 Å². The molecule has 1 N–H and O–H groups in total. The fourth-order valence-electron chi connectivity index (χ4n) is 2.59. The second kappa shape index (κ2) is 10.5. The van der Waals surface area contributed by atoms with E-state index in [4.69, 9.17) is 0 Å². The molecule has 27 heavy (non-hydrogen) atoms. The summed E-state index contributed by atoms with van der Waals surface area (Å²) < 4.78 is 26.6. The van der Waals surface area contributed by atoms with Crippen molar-refractivity contribution in [2.24, 2.45) is 0 Å². The van der Waals surface area contributed by atoms with Crippen LogP contribution in [-0.2, 0) is 10.0 Å². The van der Waals surface area contributed by atoms with Gasteiger partial charge in [0.05, 0.1) is 4.90 Å². The summed E-state index contributed by atoms with van der Waals surface area (Å²) in [6, 6.07) is 16.3. The van der Waals surface area contributed by atoms with Gasteiger partial charge in [-0.05, 0) is 42.5 Å². The molecule has 0 heterocycles. The first-order valence-corrected chi connectivity index (χ1v) is 11.5. The second-order valence-corrected chi connectivity index (χ2v) is 8.99. The highest BCUT2D eigenvalue weighted by molar-refractivity contribution is 7.99. The largest absolute Gasteiger partial charge is 0.352 e. The Morgan fingerprint density at radius 1 is 1.04 bits per heavy atom. The number of nitrogens with one attached hydrogen (secondary N) is 1. The van der Waals surface area contributed by atoms with Crippen LogP contribution in [0.4, 0.5) is 0 Å². The molecule has 0 saturated carbocycles. The minimum Gasteiger partial charge on any atom is -0.352 e. The highest BCUT2D eigenvalue weighted by Crippen LogP contribution is 2.18. The summed E-state index contributed by atoms with van der Waals surface area (Å²) in [6.07, 6.45) is 0.836. The van der Waals surface area contributed by atoms with Crippen LogP contribution in [0.25, 0.3) is 0 Å². The Hall–Kier alpha value is -1.83. The standard InChI is InChI=1S/C20H26N2O3S2/c1-3-22(4-2)27(24,25)19-13-8-10-17(16-19)20(23)21-14-9-15-26-18-11-6-5-7-12-18/h5-8,10-13,16H,3-4,9,14-15H2,1-2H3,(H,21,23). The number of carbonyl (C=O) groups excluding carboxylic acids is 1. The zero-order chi connectivity index (χ0) is 19.7. The molecule has 0 spiro atoms. The van der Waals surface area contributed by atoms with Gasteiger partial charge in [-0.2, -0.15) is 4.31 Å². The third-order valence-corrected chi connectivity index (χ3v) is 7.20. The van der Waals surface area contributed by atoms with E-state index in [1.165, 1.54) is 21.3 Å². The van der Waals surface area contributed by atoms with Gasteiger partial charge in [0.2, 0.25) is 10.0 Å². The third-order valence-electron chi connectivity index (χ3n) is 4.06. The number of rotatable bonds is 10. The number of benzene rings is 2. The number of hydrogen-bond acceptors (Lipinski definition) is 4. The van der Waals surface area contributed by atoms with Gasteiger partial charge in [-0.3, -0.25) is 4.79 Å². The van der Waals surface area contributed by atoms with Crippen LogP contribution in [0.15, 0.2) is 64.4 Å². The highest BCUT2D eigenvalue weighted by Gasteiger charge is 2.22. The first kappa shape index (κ1) is 21.5. The Morgan fingerprint density at radius 2 is 1.74 bits per heavy atom. The van der Waals surface area contributed by atoms with E-state index in [0.717, 1.165) is 12.2 Å². The molecule has 2 aromatic rings. The van der Waals surface area contributed by atoms with E-state index in [0.29, 0.717) is 25.2 Å². The number of carbonyl (C=O) groups is 1. The molecular formula is C20H26N2O3S2. The maximum absolute atomic E-state index is 12.6. The minimum absolute atomic E-state index is 0.151. The van der Waals surface area contributed by atoms with Crippen molar-refractivity contribution >= 4 is 27.7 Å². The van der Waals surface area contributed by atoms with Crippen LogP contribution in [0.2, 0.25) is 0 Å². The fourth-order valence-corrected chi connectivity index (χ4v) is 4.97. The molecule has 0 aliphatic carbocycles. The molecule has 0 atom stereocenters. The number of thioether (sulfide) groups is 1. The van der Waals surface area contributed by atoms with E-state index in [-0.39, 0.29) is 10.8 Å². The predicted molar refractivity (Wildman–Crippen MR) is 111 cm³/mol. The summed E-state index contributed by atoms with van der Waals surface area (Å²) in [5, 5.41) is 2.86. The molecule has 7 heteroatoms. The fraction of sp³-hybridized carbons (Fsp3) is 0.350. The Labute approximate surface area is 166 Å². The summed E-state index contributed by atoms with van der Waals surface area (Å²) >= 11 is 1.75. The van der Waals surface area contributed by atoms with E-state index in [9.17, 15) is 13.2 Å².